The van der Waals surface area contributed by atoms with Gasteiger partial charge in [-0.3, -0.25) is 0 Å². The maximum absolute atomic E-state index is 4.30. The number of hydrogen-bond acceptors (Lipinski definition) is 3. The van der Waals surface area contributed by atoms with Crippen molar-refractivity contribution in [2.24, 2.45) is 0 Å². The Morgan fingerprint density at radius 2 is 1.63 bits per heavy atom. The Hall–Kier alpha value is -1.39. The van der Waals surface area contributed by atoms with Crippen molar-refractivity contribution in [3.05, 3.63) is 66.7 Å². The van der Waals surface area contributed by atoms with Gasteiger partial charge in [-0.2, -0.15) is 0 Å². The van der Waals surface area contributed by atoms with Crippen LogP contribution < -0.4 is 0 Å². The Bertz CT molecular complexity index is 799. The van der Waals surface area contributed by atoms with Crippen molar-refractivity contribution in [1.29, 1.82) is 0 Å². The number of aromatic nitrogens is 2. The zero-order chi connectivity index (χ0) is 19.0. The van der Waals surface area contributed by atoms with Crippen LogP contribution in [-0.2, 0) is 10.6 Å². The number of rotatable bonds is 11. The largest absolute Gasteiger partial charge is 0.335 e. The highest BCUT2D eigenvalue weighted by Gasteiger charge is 2.35. The molecule has 2 aromatic carbocycles. The summed E-state index contributed by atoms with van der Waals surface area (Å²) in [5, 5.41) is 2.71. The average Bonchev–Trinajstić information content (AvgIpc) is 3.20. The molecular weight excluding hydrogens is 368 g/mol. The quantitative estimate of drug-likeness (QED) is 0.257. The molecule has 3 aromatic rings. The van der Waals surface area contributed by atoms with Crippen molar-refractivity contribution in [2.45, 2.75) is 50.2 Å². The van der Waals surface area contributed by atoms with Crippen molar-refractivity contribution >= 4 is 34.3 Å². The lowest BCUT2D eigenvalue weighted by Gasteiger charge is -2.35. The molecule has 0 bridgehead atoms. The fourth-order valence-corrected chi connectivity index (χ4v) is 6.82. The first kappa shape index (κ1) is 20.3. The molecule has 0 amide bonds. The van der Waals surface area contributed by atoms with E-state index in [9.17, 15) is 0 Å². The van der Waals surface area contributed by atoms with Crippen LogP contribution in [0.3, 0.4) is 0 Å². The van der Waals surface area contributed by atoms with Gasteiger partial charge in [0.25, 0.3) is 0 Å². The predicted octanol–water partition coefficient (Wildman–Crippen LogP) is 6.96. The Kier molecular flexibility index (Phi) is 7.71. The molecule has 0 atom stereocenters. The first-order chi connectivity index (χ1) is 13.3. The van der Waals surface area contributed by atoms with Gasteiger partial charge in [-0.05, 0) is 40.7 Å². The van der Waals surface area contributed by atoms with Gasteiger partial charge in [-0.25, -0.2) is 4.98 Å². The first-order valence-corrected chi connectivity index (χ1v) is 12.0. The molecule has 0 saturated heterocycles. The number of nitrogens with zero attached hydrogens (tertiary/aromatic N) is 2. The van der Waals surface area contributed by atoms with Crippen LogP contribution in [0.5, 0.6) is 0 Å². The van der Waals surface area contributed by atoms with Crippen LogP contribution in [0.25, 0.3) is 10.8 Å². The molecule has 0 saturated carbocycles. The molecule has 0 aliphatic carbocycles. The van der Waals surface area contributed by atoms with Gasteiger partial charge in [0.05, 0.1) is 12.9 Å². The number of benzene rings is 2. The minimum absolute atomic E-state index is 0.00586. The van der Waals surface area contributed by atoms with Crippen molar-refractivity contribution in [3.63, 3.8) is 0 Å². The third-order valence-corrected chi connectivity index (χ3v) is 8.14. The molecule has 2 nitrogen and oxygen atoms in total. The molecule has 27 heavy (non-hydrogen) atoms. The van der Waals surface area contributed by atoms with E-state index in [1.807, 2.05) is 12.5 Å². The summed E-state index contributed by atoms with van der Waals surface area (Å²) in [6.45, 7) is 5.50. The van der Waals surface area contributed by atoms with Gasteiger partial charge in [-0.15, -0.1) is 23.5 Å². The molecule has 3 rings (SSSR count). The molecule has 1 aromatic heterocycles. The van der Waals surface area contributed by atoms with E-state index < -0.39 is 0 Å². The van der Waals surface area contributed by atoms with Gasteiger partial charge in [0, 0.05) is 12.4 Å². The Labute approximate surface area is 172 Å². The number of hydrogen-bond donors (Lipinski definition) is 0. The van der Waals surface area contributed by atoms with Crippen LogP contribution >= 0.6 is 23.5 Å². The summed E-state index contributed by atoms with van der Waals surface area (Å²) in [7, 11) is 0. The fraction of sp³-hybridized carbons (Fsp3) is 0.435. The highest BCUT2D eigenvalue weighted by atomic mass is 32.2. The molecule has 4 heteroatoms. The van der Waals surface area contributed by atoms with Gasteiger partial charge in [-0.1, -0.05) is 69.2 Å². The van der Waals surface area contributed by atoms with Gasteiger partial charge < -0.3 is 4.57 Å². The van der Waals surface area contributed by atoms with Crippen molar-refractivity contribution in [1.82, 2.24) is 9.55 Å². The van der Waals surface area contributed by atoms with E-state index in [2.05, 4.69) is 95.6 Å². The second-order valence-electron chi connectivity index (χ2n) is 6.92. The summed E-state index contributed by atoms with van der Waals surface area (Å²) in [5.74, 6) is 2.38. The highest BCUT2D eigenvalue weighted by molar-refractivity contribution is 8.17. The molecule has 1 heterocycles. The fourth-order valence-electron chi connectivity index (χ4n) is 3.31. The van der Waals surface area contributed by atoms with Crippen LogP contribution in [0.1, 0.15) is 45.1 Å². The second kappa shape index (κ2) is 10.2. The SMILES string of the molecule is CCCCSC(Cn1ccnc1)(SCCCC)c1cccc2ccccc12. The Morgan fingerprint density at radius 3 is 2.30 bits per heavy atom. The van der Waals surface area contributed by atoms with E-state index in [0.29, 0.717) is 0 Å². The number of thioether (sulfide) groups is 2. The van der Waals surface area contributed by atoms with E-state index in [1.54, 1.807) is 0 Å². The minimum atomic E-state index is 0.00586. The van der Waals surface area contributed by atoms with Crippen molar-refractivity contribution in [2.75, 3.05) is 11.5 Å². The highest BCUT2D eigenvalue weighted by Crippen LogP contribution is 2.50. The topological polar surface area (TPSA) is 17.8 Å². The van der Waals surface area contributed by atoms with Crippen LogP contribution in [0.15, 0.2) is 61.2 Å². The standard InChI is InChI=1S/C23H30N2S2/c1-3-5-16-26-23(27-17-6-4-2,18-25-15-14-24-19-25)22-13-9-11-20-10-7-8-12-21(20)22/h7-15,19H,3-6,16-18H2,1-2H3. The molecule has 0 radical (unpaired) electrons. The number of imidazole rings is 1. The van der Waals surface area contributed by atoms with Crippen LogP contribution in [-0.4, -0.2) is 21.1 Å². The summed E-state index contributed by atoms with van der Waals surface area (Å²) in [5.41, 5.74) is 1.46. The van der Waals surface area contributed by atoms with Gasteiger partial charge in [0.2, 0.25) is 0 Å². The van der Waals surface area contributed by atoms with E-state index in [0.717, 1.165) is 6.54 Å². The van der Waals surface area contributed by atoms with Crippen LogP contribution in [0.4, 0.5) is 0 Å². The van der Waals surface area contributed by atoms with E-state index in [4.69, 9.17) is 0 Å². The summed E-state index contributed by atoms with van der Waals surface area (Å²) in [4.78, 5) is 4.30. The molecule has 0 spiro atoms. The lowest BCUT2D eigenvalue weighted by molar-refractivity contribution is 0.649. The van der Waals surface area contributed by atoms with E-state index in [-0.39, 0.29) is 4.08 Å². The lowest BCUT2D eigenvalue weighted by Crippen LogP contribution is -2.26. The minimum Gasteiger partial charge on any atom is -0.335 e. The average molecular weight is 399 g/mol. The summed E-state index contributed by atoms with van der Waals surface area (Å²) in [6, 6.07) is 15.6. The van der Waals surface area contributed by atoms with Crippen LogP contribution in [0, 0.1) is 0 Å². The third kappa shape index (κ3) is 5.11. The maximum atomic E-state index is 4.30. The number of fused-ring (bicyclic) bond motifs is 1. The van der Waals surface area contributed by atoms with E-state index >= 15 is 0 Å². The lowest BCUT2D eigenvalue weighted by atomic mass is 10.0. The Morgan fingerprint density at radius 1 is 0.926 bits per heavy atom. The van der Waals surface area contributed by atoms with Gasteiger partial charge in [0.15, 0.2) is 0 Å². The predicted molar refractivity (Wildman–Crippen MR) is 123 cm³/mol. The zero-order valence-corrected chi connectivity index (χ0v) is 18.1. The van der Waals surface area contributed by atoms with Gasteiger partial charge >= 0.3 is 0 Å². The summed E-state index contributed by atoms with van der Waals surface area (Å²) < 4.78 is 2.26. The second-order valence-corrected chi connectivity index (χ2v) is 9.96. The van der Waals surface area contributed by atoms with Crippen molar-refractivity contribution in [3.8, 4) is 0 Å². The maximum Gasteiger partial charge on any atom is 0.104 e. The Balaban J connectivity index is 2.06. The molecule has 0 N–H and O–H groups in total. The normalized spacial score (nSPS) is 11.9. The molecule has 0 aliphatic heterocycles. The smallest absolute Gasteiger partial charge is 0.104 e. The molecule has 0 fully saturated rings. The monoisotopic (exact) mass is 398 g/mol. The zero-order valence-electron chi connectivity index (χ0n) is 16.4. The molecular formula is C23H30N2S2. The van der Waals surface area contributed by atoms with Crippen molar-refractivity contribution < 1.29 is 0 Å². The molecule has 0 unspecified atom stereocenters. The third-order valence-electron chi connectivity index (χ3n) is 4.82. The van der Waals surface area contributed by atoms with Crippen LogP contribution in [0.2, 0.25) is 0 Å². The number of unbranched alkanes of at least 4 members (excludes halogenated alkanes) is 2. The molecule has 0 aliphatic rings. The first-order valence-electron chi connectivity index (χ1n) is 10.0. The van der Waals surface area contributed by atoms with E-state index in [1.165, 1.54) is 53.5 Å². The van der Waals surface area contributed by atoms with Gasteiger partial charge in [0.1, 0.15) is 4.08 Å². The molecule has 144 valence electrons. The summed E-state index contributed by atoms with van der Waals surface area (Å²) >= 11 is 4.25. The summed E-state index contributed by atoms with van der Waals surface area (Å²) in [6.07, 6.45) is 10.9.